The third-order valence-electron chi connectivity index (χ3n) is 2.52. The zero-order valence-electron chi connectivity index (χ0n) is 10.6. The van der Waals surface area contributed by atoms with Gasteiger partial charge in [-0.3, -0.25) is 4.98 Å². The summed E-state index contributed by atoms with van der Waals surface area (Å²) < 4.78 is 28.8. The third kappa shape index (κ3) is 6.02. The topological polar surface area (TPSA) is 34.1 Å². The average Bonchev–Trinajstić information content (AvgIpc) is 2.38. The van der Waals surface area contributed by atoms with Crippen molar-refractivity contribution in [1.29, 1.82) is 0 Å². The van der Waals surface area contributed by atoms with E-state index in [2.05, 4.69) is 17.2 Å². The molecule has 1 rings (SSSR count). The molecule has 0 radical (unpaired) electrons. The zero-order valence-corrected chi connectivity index (χ0v) is 10.6. The van der Waals surface area contributed by atoms with E-state index in [1.165, 1.54) is 0 Å². The summed E-state index contributed by atoms with van der Waals surface area (Å²) >= 11 is 0. The maximum absolute atomic E-state index is 11.9. The lowest BCUT2D eigenvalue weighted by atomic mass is 10.1. The summed E-state index contributed by atoms with van der Waals surface area (Å²) in [5, 5.41) is 3.37. The quantitative estimate of drug-likeness (QED) is 0.692. The predicted molar refractivity (Wildman–Crippen MR) is 66.7 cm³/mol. The Morgan fingerprint density at radius 3 is 2.89 bits per heavy atom. The Kier molecular flexibility index (Phi) is 7.44. The smallest absolute Gasteiger partial charge is 0.261 e. The van der Waals surface area contributed by atoms with Gasteiger partial charge in [-0.05, 0) is 31.0 Å². The molecule has 5 heteroatoms. The van der Waals surface area contributed by atoms with Crippen molar-refractivity contribution in [3.63, 3.8) is 0 Å². The first-order chi connectivity index (χ1) is 8.74. The molecule has 0 aliphatic rings. The van der Waals surface area contributed by atoms with Gasteiger partial charge in [0.05, 0.1) is 0 Å². The van der Waals surface area contributed by atoms with Crippen LogP contribution in [0, 0.1) is 0 Å². The Hall–Kier alpha value is -1.07. The Labute approximate surface area is 107 Å². The highest BCUT2D eigenvalue weighted by atomic mass is 19.3. The van der Waals surface area contributed by atoms with E-state index >= 15 is 0 Å². The number of nitrogens with zero attached hydrogens (tertiary/aromatic N) is 1. The summed E-state index contributed by atoms with van der Waals surface area (Å²) in [6, 6.07) is 3.96. The largest absolute Gasteiger partial charge is 0.375 e. The first-order valence-corrected chi connectivity index (χ1v) is 6.23. The van der Waals surface area contributed by atoms with Crippen LogP contribution in [0.1, 0.15) is 31.4 Å². The average molecular weight is 258 g/mol. The molecule has 1 N–H and O–H groups in total. The van der Waals surface area contributed by atoms with Crippen LogP contribution >= 0.6 is 0 Å². The second-order valence-corrected chi connectivity index (χ2v) is 4.05. The minimum absolute atomic E-state index is 0.108. The maximum Gasteiger partial charge on any atom is 0.261 e. The van der Waals surface area contributed by atoms with Crippen LogP contribution in [0.2, 0.25) is 0 Å². The fourth-order valence-electron chi connectivity index (χ4n) is 1.66. The first-order valence-electron chi connectivity index (χ1n) is 6.23. The first kappa shape index (κ1) is 15.0. The lowest BCUT2D eigenvalue weighted by molar-refractivity contribution is 0.0143. The van der Waals surface area contributed by atoms with Crippen molar-refractivity contribution in [2.75, 3.05) is 19.8 Å². The predicted octanol–water partition coefficient (Wildman–Crippen LogP) is 2.79. The van der Waals surface area contributed by atoms with Gasteiger partial charge < -0.3 is 10.1 Å². The highest BCUT2D eigenvalue weighted by Gasteiger charge is 2.11. The third-order valence-corrected chi connectivity index (χ3v) is 2.52. The van der Waals surface area contributed by atoms with Gasteiger partial charge >= 0.3 is 0 Å². The van der Waals surface area contributed by atoms with Gasteiger partial charge in [0.15, 0.2) is 0 Å². The lowest BCUT2D eigenvalue weighted by Gasteiger charge is -2.18. The zero-order chi connectivity index (χ0) is 13.2. The van der Waals surface area contributed by atoms with Crippen molar-refractivity contribution in [2.24, 2.45) is 0 Å². The molecule has 0 amide bonds. The number of halogens is 2. The highest BCUT2D eigenvalue weighted by molar-refractivity contribution is 5.13. The molecule has 1 aromatic heterocycles. The molecule has 0 bridgehead atoms. The number of ether oxygens (including phenoxy) is 1. The van der Waals surface area contributed by atoms with Gasteiger partial charge in [-0.15, -0.1) is 0 Å². The molecule has 0 fully saturated rings. The summed E-state index contributed by atoms with van der Waals surface area (Å²) in [6.07, 6.45) is 2.80. The normalized spacial score (nSPS) is 12.9. The van der Waals surface area contributed by atoms with Crippen molar-refractivity contribution < 1.29 is 13.5 Å². The molecule has 0 aliphatic heterocycles. The van der Waals surface area contributed by atoms with Crippen LogP contribution in [-0.4, -0.2) is 31.2 Å². The molecule has 1 aromatic rings. The Bertz CT molecular complexity index is 309. The second kappa shape index (κ2) is 8.94. The van der Waals surface area contributed by atoms with Crippen LogP contribution < -0.4 is 5.32 Å². The number of aromatic nitrogens is 1. The molecule has 0 saturated heterocycles. The Morgan fingerprint density at radius 1 is 1.44 bits per heavy atom. The van der Waals surface area contributed by atoms with E-state index in [0.717, 1.165) is 18.5 Å². The van der Waals surface area contributed by atoms with E-state index in [-0.39, 0.29) is 6.04 Å². The monoisotopic (exact) mass is 258 g/mol. The molecule has 102 valence electrons. The summed E-state index contributed by atoms with van der Waals surface area (Å²) in [6.45, 7) is 2.79. The summed E-state index contributed by atoms with van der Waals surface area (Å²) in [5.41, 5.74) is 1.06. The fourth-order valence-corrected chi connectivity index (χ4v) is 1.66. The van der Waals surface area contributed by atoms with Gasteiger partial charge in [-0.2, -0.15) is 0 Å². The SMILES string of the molecule is CCCNC(CCOCC(F)F)c1cccnc1. The van der Waals surface area contributed by atoms with Crippen LogP contribution in [0.4, 0.5) is 8.78 Å². The summed E-state index contributed by atoms with van der Waals surface area (Å²) in [4.78, 5) is 4.07. The highest BCUT2D eigenvalue weighted by Crippen LogP contribution is 2.15. The van der Waals surface area contributed by atoms with Crippen molar-refractivity contribution in [1.82, 2.24) is 10.3 Å². The molecule has 1 heterocycles. The molecular weight excluding hydrogens is 238 g/mol. The van der Waals surface area contributed by atoms with Crippen LogP contribution in [0.5, 0.6) is 0 Å². The molecule has 0 saturated carbocycles. The van der Waals surface area contributed by atoms with Gasteiger partial charge in [0.25, 0.3) is 6.43 Å². The molecule has 0 spiro atoms. The van der Waals surface area contributed by atoms with E-state index in [9.17, 15) is 8.78 Å². The van der Waals surface area contributed by atoms with Gasteiger partial charge in [0, 0.05) is 25.0 Å². The van der Waals surface area contributed by atoms with E-state index in [0.29, 0.717) is 13.0 Å². The summed E-state index contributed by atoms with van der Waals surface area (Å²) in [7, 11) is 0. The van der Waals surface area contributed by atoms with E-state index in [4.69, 9.17) is 4.74 Å². The molecule has 18 heavy (non-hydrogen) atoms. The standard InChI is InChI=1S/C13H20F2N2O/c1-2-6-17-12(5-8-18-10-13(14)15)11-4-3-7-16-9-11/h3-4,7,9,12-13,17H,2,5-6,8,10H2,1H3. The maximum atomic E-state index is 11.9. The molecular formula is C13H20F2N2O. The van der Waals surface area contributed by atoms with Crippen LogP contribution in [0.15, 0.2) is 24.5 Å². The fraction of sp³-hybridized carbons (Fsp3) is 0.615. The number of hydrogen-bond donors (Lipinski definition) is 1. The van der Waals surface area contributed by atoms with Crippen LogP contribution in [0.25, 0.3) is 0 Å². The number of pyridine rings is 1. The number of hydrogen-bond acceptors (Lipinski definition) is 3. The Balaban J connectivity index is 2.41. The second-order valence-electron chi connectivity index (χ2n) is 4.05. The van der Waals surface area contributed by atoms with Gasteiger partial charge in [-0.25, -0.2) is 8.78 Å². The van der Waals surface area contributed by atoms with Gasteiger partial charge in [0.2, 0.25) is 0 Å². The van der Waals surface area contributed by atoms with Crippen molar-refractivity contribution in [3.05, 3.63) is 30.1 Å². The van der Waals surface area contributed by atoms with Crippen LogP contribution in [0.3, 0.4) is 0 Å². The van der Waals surface area contributed by atoms with Crippen molar-refractivity contribution in [2.45, 2.75) is 32.2 Å². The van der Waals surface area contributed by atoms with E-state index < -0.39 is 13.0 Å². The minimum Gasteiger partial charge on any atom is -0.375 e. The Morgan fingerprint density at radius 2 is 2.28 bits per heavy atom. The molecule has 3 nitrogen and oxygen atoms in total. The van der Waals surface area contributed by atoms with Crippen LogP contribution in [-0.2, 0) is 4.74 Å². The molecule has 1 atom stereocenters. The lowest BCUT2D eigenvalue weighted by Crippen LogP contribution is -2.24. The molecule has 1 unspecified atom stereocenters. The number of nitrogens with one attached hydrogen (secondary N) is 1. The number of alkyl halides is 2. The minimum atomic E-state index is -2.40. The van der Waals surface area contributed by atoms with Gasteiger partial charge in [0.1, 0.15) is 6.61 Å². The molecule has 0 aliphatic carbocycles. The van der Waals surface area contributed by atoms with Gasteiger partial charge in [-0.1, -0.05) is 13.0 Å². The summed E-state index contributed by atoms with van der Waals surface area (Å²) in [5.74, 6) is 0. The van der Waals surface area contributed by atoms with Crippen molar-refractivity contribution in [3.8, 4) is 0 Å². The van der Waals surface area contributed by atoms with E-state index in [1.807, 2.05) is 12.1 Å². The molecule has 0 aromatic carbocycles. The number of rotatable bonds is 9. The van der Waals surface area contributed by atoms with Crippen molar-refractivity contribution >= 4 is 0 Å². The van der Waals surface area contributed by atoms with E-state index in [1.54, 1.807) is 12.4 Å².